The van der Waals surface area contributed by atoms with Gasteiger partial charge in [0.05, 0.1) is 13.2 Å². The average molecular weight is 334 g/mol. The van der Waals surface area contributed by atoms with Crippen LogP contribution in [0, 0.1) is 11.3 Å². The SMILES string of the molecule is CCOC(=O)C1(C(=O)OCC)C=C(C)C/C(=C\C2CCC(=O)C2)C1. The summed E-state index contributed by atoms with van der Waals surface area (Å²) < 4.78 is 10.3. The van der Waals surface area contributed by atoms with E-state index in [0.717, 1.165) is 17.6 Å². The van der Waals surface area contributed by atoms with Crippen LogP contribution in [-0.2, 0) is 23.9 Å². The molecule has 2 rings (SSSR count). The average Bonchev–Trinajstić information content (AvgIpc) is 2.92. The molecule has 1 unspecified atom stereocenters. The lowest BCUT2D eigenvalue weighted by atomic mass is 9.73. The van der Waals surface area contributed by atoms with Gasteiger partial charge in [-0.1, -0.05) is 23.3 Å². The molecular formula is C19H26O5. The monoisotopic (exact) mass is 334 g/mol. The molecular weight excluding hydrogens is 308 g/mol. The minimum atomic E-state index is -1.40. The number of Topliss-reactive ketones (excluding diaryl/α,β-unsaturated/α-hetero) is 1. The van der Waals surface area contributed by atoms with Crippen molar-refractivity contribution in [2.45, 2.75) is 52.9 Å². The van der Waals surface area contributed by atoms with Crippen LogP contribution < -0.4 is 0 Å². The van der Waals surface area contributed by atoms with Gasteiger partial charge in [0.25, 0.3) is 0 Å². The molecule has 2 aliphatic rings. The second kappa shape index (κ2) is 7.77. The van der Waals surface area contributed by atoms with Gasteiger partial charge in [0.1, 0.15) is 5.78 Å². The Bertz CT molecular complexity index is 567. The summed E-state index contributed by atoms with van der Waals surface area (Å²) in [5.41, 5.74) is 0.553. The van der Waals surface area contributed by atoms with Gasteiger partial charge in [-0.2, -0.15) is 0 Å². The van der Waals surface area contributed by atoms with Gasteiger partial charge in [0.2, 0.25) is 0 Å². The van der Waals surface area contributed by atoms with Gasteiger partial charge in [-0.05, 0) is 46.0 Å². The third-order valence-electron chi connectivity index (χ3n) is 4.54. The van der Waals surface area contributed by atoms with Crippen molar-refractivity contribution in [3.63, 3.8) is 0 Å². The summed E-state index contributed by atoms with van der Waals surface area (Å²) >= 11 is 0. The van der Waals surface area contributed by atoms with Crippen LogP contribution in [0.3, 0.4) is 0 Å². The fraction of sp³-hybridized carbons (Fsp3) is 0.632. The van der Waals surface area contributed by atoms with Gasteiger partial charge in [-0.25, -0.2) is 0 Å². The molecule has 0 aromatic carbocycles. The van der Waals surface area contributed by atoms with Crippen LogP contribution in [-0.4, -0.2) is 30.9 Å². The molecule has 132 valence electrons. The first kappa shape index (κ1) is 18.4. The number of allylic oxidation sites excluding steroid dienone is 3. The molecule has 0 aliphatic heterocycles. The molecule has 0 spiro atoms. The van der Waals surface area contributed by atoms with E-state index in [2.05, 4.69) is 6.08 Å². The predicted molar refractivity (Wildman–Crippen MR) is 89.1 cm³/mol. The molecule has 24 heavy (non-hydrogen) atoms. The Hall–Kier alpha value is -1.91. The van der Waals surface area contributed by atoms with Crippen LogP contribution in [0.4, 0.5) is 0 Å². The fourth-order valence-corrected chi connectivity index (χ4v) is 3.60. The number of ether oxygens (including phenoxy) is 2. The second-order valence-corrected chi connectivity index (χ2v) is 6.62. The quantitative estimate of drug-likeness (QED) is 0.439. The number of hydrogen-bond donors (Lipinski definition) is 0. The second-order valence-electron chi connectivity index (χ2n) is 6.62. The van der Waals surface area contributed by atoms with Crippen LogP contribution in [0.1, 0.15) is 52.9 Å². The molecule has 0 aromatic rings. The summed E-state index contributed by atoms with van der Waals surface area (Å²) in [7, 11) is 0. The molecule has 0 saturated heterocycles. The number of rotatable bonds is 5. The van der Waals surface area contributed by atoms with Crippen molar-refractivity contribution in [3.05, 3.63) is 23.3 Å². The van der Waals surface area contributed by atoms with E-state index in [1.807, 2.05) is 6.92 Å². The van der Waals surface area contributed by atoms with Crippen molar-refractivity contribution in [3.8, 4) is 0 Å². The molecule has 0 aromatic heterocycles. The van der Waals surface area contributed by atoms with E-state index < -0.39 is 17.4 Å². The van der Waals surface area contributed by atoms with Crippen molar-refractivity contribution in [1.82, 2.24) is 0 Å². The third kappa shape index (κ3) is 3.94. The molecule has 0 N–H and O–H groups in total. The lowest BCUT2D eigenvalue weighted by Crippen LogP contribution is -2.42. The van der Waals surface area contributed by atoms with Crippen molar-refractivity contribution in [2.75, 3.05) is 13.2 Å². The lowest BCUT2D eigenvalue weighted by Gasteiger charge is -2.32. The summed E-state index contributed by atoms with van der Waals surface area (Å²) in [4.78, 5) is 36.6. The summed E-state index contributed by atoms with van der Waals surface area (Å²) in [6.07, 6.45) is 6.77. The molecule has 5 nitrogen and oxygen atoms in total. The van der Waals surface area contributed by atoms with Crippen LogP contribution >= 0.6 is 0 Å². The molecule has 0 radical (unpaired) electrons. The van der Waals surface area contributed by atoms with Gasteiger partial charge in [0.15, 0.2) is 5.41 Å². The summed E-state index contributed by atoms with van der Waals surface area (Å²) in [5, 5.41) is 0. The van der Waals surface area contributed by atoms with E-state index in [0.29, 0.717) is 19.3 Å². The van der Waals surface area contributed by atoms with E-state index in [4.69, 9.17) is 9.47 Å². The molecule has 1 saturated carbocycles. The maximum Gasteiger partial charge on any atom is 0.327 e. The third-order valence-corrected chi connectivity index (χ3v) is 4.54. The smallest absolute Gasteiger partial charge is 0.327 e. The van der Waals surface area contributed by atoms with Crippen molar-refractivity contribution in [2.24, 2.45) is 11.3 Å². The molecule has 0 heterocycles. The van der Waals surface area contributed by atoms with Gasteiger partial charge in [0, 0.05) is 12.8 Å². The Balaban J connectivity index is 2.33. The molecule has 5 heteroatoms. The minimum absolute atomic E-state index is 0.209. The Morgan fingerprint density at radius 2 is 1.88 bits per heavy atom. The van der Waals surface area contributed by atoms with Crippen molar-refractivity contribution in [1.29, 1.82) is 0 Å². The zero-order valence-corrected chi connectivity index (χ0v) is 14.7. The number of hydrogen-bond acceptors (Lipinski definition) is 5. The molecule has 1 fully saturated rings. The van der Waals surface area contributed by atoms with Crippen molar-refractivity contribution < 1.29 is 23.9 Å². The zero-order valence-electron chi connectivity index (χ0n) is 14.7. The van der Waals surface area contributed by atoms with Gasteiger partial charge in [-0.3, -0.25) is 14.4 Å². The topological polar surface area (TPSA) is 69.7 Å². The normalized spacial score (nSPS) is 24.6. The van der Waals surface area contributed by atoms with Gasteiger partial charge >= 0.3 is 11.9 Å². The van der Waals surface area contributed by atoms with Crippen LogP contribution in [0.5, 0.6) is 0 Å². The number of carbonyl (C=O) groups excluding carboxylic acids is 3. The summed E-state index contributed by atoms with van der Waals surface area (Å²) in [6, 6.07) is 0. The number of carbonyl (C=O) groups is 3. The maximum atomic E-state index is 12.6. The van der Waals surface area contributed by atoms with Crippen LogP contribution in [0.2, 0.25) is 0 Å². The largest absolute Gasteiger partial charge is 0.465 e. The minimum Gasteiger partial charge on any atom is -0.465 e. The summed E-state index contributed by atoms with van der Waals surface area (Å²) in [6.45, 7) is 5.76. The first-order valence-electron chi connectivity index (χ1n) is 8.65. The number of esters is 2. The molecule has 2 aliphatic carbocycles. The van der Waals surface area contributed by atoms with E-state index in [-0.39, 0.29) is 31.3 Å². The first-order chi connectivity index (χ1) is 11.4. The Kier molecular flexibility index (Phi) is 5.97. The van der Waals surface area contributed by atoms with E-state index in [1.165, 1.54) is 0 Å². The summed E-state index contributed by atoms with van der Waals surface area (Å²) in [5.74, 6) is -0.630. The highest BCUT2D eigenvalue weighted by Crippen LogP contribution is 2.41. The standard InChI is InChI=1S/C19H26O5/c1-4-23-17(21)19(18(22)24-5-2)11-13(3)8-15(12-19)9-14-6-7-16(20)10-14/h9,11,14H,4-8,10,12H2,1-3H3/b15-9+. The van der Waals surface area contributed by atoms with Gasteiger partial charge in [-0.15, -0.1) is 0 Å². The first-order valence-corrected chi connectivity index (χ1v) is 8.65. The molecule has 0 amide bonds. The van der Waals surface area contributed by atoms with E-state index in [9.17, 15) is 14.4 Å². The highest BCUT2D eigenvalue weighted by atomic mass is 16.6. The van der Waals surface area contributed by atoms with E-state index >= 15 is 0 Å². The van der Waals surface area contributed by atoms with Crippen LogP contribution in [0.15, 0.2) is 23.3 Å². The lowest BCUT2D eigenvalue weighted by molar-refractivity contribution is -0.168. The Morgan fingerprint density at radius 3 is 2.38 bits per heavy atom. The van der Waals surface area contributed by atoms with Crippen LogP contribution in [0.25, 0.3) is 0 Å². The predicted octanol–water partition coefficient (Wildman–Crippen LogP) is 3.13. The highest BCUT2D eigenvalue weighted by molar-refractivity contribution is 6.03. The number of ketones is 1. The molecule has 1 atom stereocenters. The van der Waals surface area contributed by atoms with Crippen molar-refractivity contribution >= 4 is 17.7 Å². The van der Waals surface area contributed by atoms with Gasteiger partial charge < -0.3 is 9.47 Å². The molecule has 0 bridgehead atoms. The fourth-order valence-electron chi connectivity index (χ4n) is 3.60. The Morgan fingerprint density at radius 1 is 1.25 bits per heavy atom. The zero-order chi connectivity index (χ0) is 17.7. The Labute approximate surface area is 143 Å². The van der Waals surface area contributed by atoms with E-state index in [1.54, 1.807) is 19.9 Å². The maximum absolute atomic E-state index is 12.6. The highest BCUT2D eigenvalue weighted by Gasteiger charge is 2.49.